The molecule has 0 saturated carbocycles. The predicted molar refractivity (Wildman–Crippen MR) is 194 cm³/mol. The summed E-state index contributed by atoms with van der Waals surface area (Å²) in [6.07, 6.45) is 46.7. The molecule has 0 aromatic carbocycles. The summed E-state index contributed by atoms with van der Waals surface area (Å²) in [6.45, 7) is 6.01. The lowest BCUT2D eigenvalue weighted by Crippen LogP contribution is -2.22. The van der Waals surface area contributed by atoms with E-state index in [1.54, 1.807) is 12.2 Å². The van der Waals surface area contributed by atoms with E-state index in [1.807, 2.05) is 0 Å². The van der Waals surface area contributed by atoms with Crippen molar-refractivity contribution in [3.63, 3.8) is 0 Å². The number of allylic oxidation sites excluding steroid dienone is 2. The van der Waals surface area contributed by atoms with Gasteiger partial charge in [0.1, 0.15) is 0 Å². The van der Waals surface area contributed by atoms with Crippen LogP contribution in [-0.4, -0.2) is 24.9 Å². The van der Waals surface area contributed by atoms with Gasteiger partial charge < -0.3 is 10.6 Å². The molecule has 0 saturated heterocycles. The topological polar surface area (TPSA) is 58.2 Å². The van der Waals surface area contributed by atoms with Gasteiger partial charge in [0.05, 0.1) is 0 Å². The zero-order valence-corrected chi connectivity index (χ0v) is 29.8. The van der Waals surface area contributed by atoms with Crippen LogP contribution in [0.2, 0.25) is 0 Å². The Bertz CT molecular complexity index is 602. The highest BCUT2D eigenvalue weighted by Crippen LogP contribution is 2.14. The Kier molecular flexibility index (Phi) is 36.3. The normalized spacial score (nSPS) is 11.6. The summed E-state index contributed by atoms with van der Waals surface area (Å²) >= 11 is 0. The molecule has 4 heteroatoms. The number of hydrogen-bond acceptors (Lipinski definition) is 2. The van der Waals surface area contributed by atoms with Crippen molar-refractivity contribution in [1.29, 1.82) is 0 Å². The van der Waals surface area contributed by atoms with Crippen LogP contribution in [0.3, 0.4) is 0 Å². The fourth-order valence-electron chi connectivity index (χ4n) is 5.82. The number of amides is 2. The molecular weight excluding hydrogens is 540 g/mol. The van der Waals surface area contributed by atoms with Gasteiger partial charge >= 0.3 is 0 Å². The van der Waals surface area contributed by atoms with Crippen molar-refractivity contribution in [2.45, 2.75) is 206 Å². The van der Waals surface area contributed by atoms with E-state index in [1.165, 1.54) is 192 Å². The smallest absolute Gasteiger partial charge is 0.243 e. The van der Waals surface area contributed by atoms with Gasteiger partial charge in [0.15, 0.2) is 0 Å². The van der Waals surface area contributed by atoms with E-state index in [9.17, 15) is 9.59 Å². The first kappa shape index (κ1) is 42.4. The molecule has 0 fully saturated rings. The van der Waals surface area contributed by atoms with E-state index in [4.69, 9.17) is 0 Å². The van der Waals surface area contributed by atoms with Crippen LogP contribution >= 0.6 is 0 Å². The highest BCUT2D eigenvalue weighted by atomic mass is 16.2. The third-order valence-corrected chi connectivity index (χ3v) is 8.77. The summed E-state index contributed by atoms with van der Waals surface area (Å²) in [5, 5.41) is 5.89. The standard InChI is InChI=1S/C40H76N2O2/c1-3-5-7-9-11-13-15-17-19-21-23-25-27-29-33-37-41-39(43)35-31-32-36-40(44)42-38-34-30-28-26-24-22-20-18-16-14-12-10-8-6-4-2/h31-32,35-36H,3-30,33-34,37-38H2,1-2H3,(H,41,43)(H,42,44)/b35-31+,36-32+. The van der Waals surface area contributed by atoms with Crippen LogP contribution in [0.4, 0.5) is 0 Å². The summed E-state index contributed by atoms with van der Waals surface area (Å²) in [4.78, 5) is 23.9. The van der Waals surface area contributed by atoms with Crippen LogP contribution < -0.4 is 10.6 Å². The van der Waals surface area contributed by atoms with Crippen LogP contribution in [0, 0.1) is 0 Å². The van der Waals surface area contributed by atoms with Crippen LogP contribution in [-0.2, 0) is 9.59 Å². The molecule has 0 heterocycles. The fraction of sp³-hybridized carbons (Fsp3) is 0.850. The second kappa shape index (κ2) is 37.6. The van der Waals surface area contributed by atoms with Crippen molar-refractivity contribution in [2.24, 2.45) is 0 Å². The third kappa shape index (κ3) is 36.6. The molecular formula is C40H76N2O2. The Morgan fingerprint density at radius 1 is 0.341 bits per heavy atom. The fourth-order valence-corrected chi connectivity index (χ4v) is 5.82. The van der Waals surface area contributed by atoms with E-state index in [2.05, 4.69) is 24.5 Å². The molecule has 0 aliphatic rings. The van der Waals surface area contributed by atoms with Gasteiger partial charge in [0.2, 0.25) is 11.8 Å². The zero-order valence-electron chi connectivity index (χ0n) is 29.8. The molecule has 0 unspecified atom stereocenters. The van der Waals surface area contributed by atoms with Crippen LogP contribution in [0.15, 0.2) is 24.3 Å². The summed E-state index contributed by atoms with van der Waals surface area (Å²) in [5.41, 5.74) is 0. The molecule has 0 aromatic heterocycles. The minimum Gasteiger partial charge on any atom is -0.353 e. The van der Waals surface area contributed by atoms with Crippen molar-refractivity contribution in [3.05, 3.63) is 24.3 Å². The Labute approximate surface area is 275 Å². The third-order valence-electron chi connectivity index (χ3n) is 8.77. The lowest BCUT2D eigenvalue weighted by molar-refractivity contribution is -0.117. The Balaban J connectivity index is 3.39. The molecule has 0 radical (unpaired) electrons. The minimum atomic E-state index is -0.0850. The van der Waals surface area contributed by atoms with Crippen LogP contribution in [0.1, 0.15) is 206 Å². The quantitative estimate of drug-likeness (QED) is 0.0423. The first-order valence-corrected chi connectivity index (χ1v) is 19.6. The number of nitrogens with one attached hydrogen (secondary N) is 2. The van der Waals surface area contributed by atoms with Gasteiger partial charge in [-0.25, -0.2) is 0 Å². The van der Waals surface area contributed by atoms with Gasteiger partial charge in [-0.1, -0.05) is 206 Å². The van der Waals surface area contributed by atoms with E-state index in [-0.39, 0.29) is 11.8 Å². The maximum absolute atomic E-state index is 11.9. The van der Waals surface area contributed by atoms with E-state index in [0.717, 1.165) is 25.9 Å². The van der Waals surface area contributed by atoms with E-state index in [0.29, 0.717) is 0 Å². The maximum atomic E-state index is 11.9. The molecule has 44 heavy (non-hydrogen) atoms. The summed E-state index contributed by atoms with van der Waals surface area (Å²) in [6, 6.07) is 0. The summed E-state index contributed by atoms with van der Waals surface area (Å²) in [7, 11) is 0. The lowest BCUT2D eigenvalue weighted by Gasteiger charge is -2.04. The van der Waals surface area contributed by atoms with Crippen molar-refractivity contribution < 1.29 is 9.59 Å². The van der Waals surface area contributed by atoms with Crippen molar-refractivity contribution in [1.82, 2.24) is 10.6 Å². The highest BCUT2D eigenvalue weighted by molar-refractivity contribution is 5.89. The summed E-state index contributed by atoms with van der Waals surface area (Å²) < 4.78 is 0. The first-order valence-electron chi connectivity index (χ1n) is 19.6. The van der Waals surface area contributed by atoms with Gasteiger partial charge in [-0.2, -0.15) is 0 Å². The van der Waals surface area contributed by atoms with Gasteiger partial charge in [-0.15, -0.1) is 0 Å². The molecule has 0 aliphatic carbocycles. The average molecular weight is 617 g/mol. The van der Waals surface area contributed by atoms with Crippen molar-refractivity contribution >= 4 is 11.8 Å². The molecule has 0 aromatic rings. The summed E-state index contributed by atoms with van der Waals surface area (Å²) in [5.74, 6) is -0.170. The number of unbranched alkanes of at least 4 members (excludes halogenated alkanes) is 28. The second-order valence-corrected chi connectivity index (χ2v) is 13.2. The number of rotatable bonds is 35. The predicted octanol–water partition coefficient (Wildman–Crippen LogP) is 12.1. The first-order chi connectivity index (χ1) is 21.7. The van der Waals surface area contributed by atoms with Gasteiger partial charge in [-0.05, 0) is 12.8 Å². The van der Waals surface area contributed by atoms with Crippen molar-refractivity contribution in [2.75, 3.05) is 13.1 Å². The maximum Gasteiger partial charge on any atom is 0.243 e. The second-order valence-electron chi connectivity index (χ2n) is 13.2. The SMILES string of the molecule is CCCCCCCCCCCCCCCCCNC(=O)/C=C/C=C/C(=O)NCCCCCCCCCCCCCCCCC. The molecule has 0 atom stereocenters. The van der Waals surface area contributed by atoms with Gasteiger partial charge in [-0.3, -0.25) is 9.59 Å². The molecule has 4 nitrogen and oxygen atoms in total. The van der Waals surface area contributed by atoms with Crippen LogP contribution in [0.5, 0.6) is 0 Å². The number of carbonyl (C=O) groups excluding carboxylic acids is 2. The Morgan fingerprint density at radius 2 is 0.545 bits per heavy atom. The Morgan fingerprint density at radius 3 is 0.773 bits per heavy atom. The Hall–Kier alpha value is -1.58. The van der Waals surface area contributed by atoms with E-state index >= 15 is 0 Å². The largest absolute Gasteiger partial charge is 0.353 e. The highest BCUT2D eigenvalue weighted by Gasteiger charge is 1.98. The molecule has 0 aliphatic heterocycles. The molecule has 2 amide bonds. The van der Waals surface area contributed by atoms with Crippen molar-refractivity contribution in [3.8, 4) is 0 Å². The average Bonchev–Trinajstić information content (AvgIpc) is 3.02. The molecule has 2 N–H and O–H groups in total. The van der Waals surface area contributed by atoms with E-state index < -0.39 is 0 Å². The lowest BCUT2D eigenvalue weighted by atomic mass is 10.0. The van der Waals surface area contributed by atoms with Gasteiger partial charge in [0, 0.05) is 25.2 Å². The molecule has 258 valence electrons. The molecule has 0 spiro atoms. The molecule has 0 rings (SSSR count). The minimum absolute atomic E-state index is 0.0850. The van der Waals surface area contributed by atoms with Gasteiger partial charge in [0.25, 0.3) is 0 Å². The number of carbonyl (C=O) groups is 2. The van der Waals surface area contributed by atoms with Crippen LogP contribution in [0.25, 0.3) is 0 Å². The zero-order chi connectivity index (χ0) is 32.0. The molecule has 0 bridgehead atoms. The number of hydrogen-bond donors (Lipinski definition) is 2. The monoisotopic (exact) mass is 617 g/mol.